The molecule has 0 bridgehead atoms. The SMILES string of the molecule is CO[C@@H]1CC(=O)N[C@@H](CC(C)C)CO[C@H](OC)CC(=O)N[C@@H](CC(C)C)CO1. The molecule has 0 aromatic carbocycles. The zero-order valence-corrected chi connectivity index (χ0v) is 18.2. The molecule has 1 saturated heterocycles. The van der Waals surface area contributed by atoms with Crippen LogP contribution in [-0.2, 0) is 28.5 Å². The lowest BCUT2D eigenvalue weighted by atomic mass is 10.0. The zero-order valence-electron chi connectivity index (χ0n) is 18.2. The van der Waals surface area contributed by atoms with Crippen molar-refractivity contribution in [1.29, 1.82) is 0 Å². The van der Waals surface area contributed by atoms with Gasteiger partial charge in [0.15, 0.2) is 12.6 Å². The van der Waals surface area contributed by atoms with Crippen molar-refractivity contribution in [3.8, 4) is 0 Å². The molecule has 0 saturated carbocycles. The Morgan fingerprint density at radius 3 is 1.46 bits per heavy atom. The van der Waals surface area contributed by atoms with Gasteiger partial charge >= 0.3 is 0 Å². The van der Waals surface area contributed by atoms with Crippen molar-refractivity contribution in [2.45, 2.75) is 78.0 Å². The van der Waals surface area contributed by atoms with E-state index in [0.717, 1.165) is 12.8 Å². The summed E-state index contributed by atoms with van der Waals surface area (Å²) in [5, 5.41) is 5.97. The average molecular weight is 403 g/mol. The van der Waals surface area contributed by atoms with Gasteiger partial charge in [0.25, 0.3) is 0 Å². The summed E-state index contributed by atoms with van der Waals surface area (Å²) in [6, 6.07) is -0.357. The highest BCUT2D eigenvalue weighted by Crippen LogP contribution is 2.12. The lowest BCUT2D eigenvalue weighted by Gasteiger charge is -2.27. The molecular formula is C20H38N2O6. The molecule has 2 amide bonds. The predicted octanol–water partition coefficient (Wildman–Crippen LogP) is 1.82. The fourth-order valence-electron chi connectivity index (χ4n) is 3.22. The third-order valence-electron chi connectivity index (χ3n) is 4.44. The van der Waals surface area contributed by atoms with Crippen molar-refractivity contribution in [1.82, 2.24) is 10.6 Å². The first-order chi connectivity index (χ1) is 13.2. The molecule has 0 unspecified atom stereocenters. The highest BCUT2D eigenvalue weighted by Gasteiger charge is 2.24. The van der Waals surface area contributed by atoms with Crippen molar-refractivity contribution >= 4 is 11.8 Å². The lowest BCUT2D eigenvalue weighted by molar-refractivity contribution is -0.161. The Kier molecular flexibility index (Phi) is 11.6. The highest BCUT2D eigenvalue weighted by molar-refractivity contribution is 5.77. The first-order valence-corrected chi connectivity index (χ1v) is 10.1. The Hall–Kier alpha value is -1.22. The third kappa shape index (κ3) is 10.4. The fourth-order valence-corrected chi connectivity index (χ4v) is 3.22. The van der Waals surface area contributed by atoms with Gasteiger partial charge in [0, 0.05) is 14.2 Å². The number of hydrogen-bond acceptors (Lipinski definition) is 6. The van der Waals surface area contributed by atoms with Gasteiger partial charge in [-0.05, 0) is 24.7 Å². The van der Waals surface area contributed by atoms with Crippen molar-refractivity contribution in [2.24, 2.45) is 11.8 Å². The van der Waals surface area contributed by atoms with Crippen molar-refractivity contribution in [3.63, 3.8) is 0 Å². The predicted molar refractivity (Wildman–Crippen MR) is 106 cm³/mol. The van der Waals surface area contributed by atoms with E-state index < -0.39 is 12.6 Å². The van der Waals surface area contributed by atoms with Gasteiger partial charge in [-0.25, -0.2) is 0 Å². The number of hydrogen-bond donors (Lipinski definition) is 2. The van der Waals surface area contributed by atoms with Crippen LogP contribution in [-0.4, -0.2) is 63.9 Å². The van der Waals surface area contributed by atoms with Crippen molar-refractivity contribution in [3.05, 3.63) is 0 Å². The highest BCUT2D eigenvalue weighted by atomic mass is 16.7. The molecule has 0 spiro atoms. The standard InChI is InChI=1S/C20H38N2O6/c1-13(2)7-15-11-27-19(25-5)10-18(24)22-16(8-14(3)4)12-28-20(26-6)9-17(23)21-15/h13-16,19-20H,7-12H2,1-6H3,(H,21,23)(H,22,24)/t15-,16-,19-,20-/m0/s1. The van der Waals surface area contributed by atoms with E-state index in [1.165, 1.54) is 14.2 Å². The molecule has 164 valence electrons. The number of rotatable bonds is 6. The van der Waals surface area contributed by atoms with E-state index in [1.807, 2.05) is 0 Å². The molecule has 0 aromatic rings. The van der Waals surface area contributed by atoms with Gasteiger partial charge in [-0.2, -0.15) is 0 Å². The normalized spacial score (nSPS) is 28.7. The Labute approximate surface area is 169 Å². The van der Waals surface area contributed by atoms with E-state index >= 15 is 0 Å². The fraction of sp³-hybridized carbons (Fsp3) is 0.900. The zero-order chi connectivity index (χ0) is 21.1. The van der Waals surface area contributed by atoms with E-state index in [2.05, 4.69) is 38.3 Å². The van der Waals surface area contributed by atoms with Gasteiger partial charge in [0.2, 0.25) is 11.8 Å². The molecule has 1 heterocycles. The van der Waals surface area contributed by atoms with Gasteiger partial charge in [0.1, 0.15) is 0 Å². The van der Waals surface area contributed by atoms with Crippen molar-refractivity contribution < 1.29 is 28.5 Å². The Bertz CT molecular complexity index is 430. The van der Waals surface area contributed by atoms with Gasteiger partial charge < -0.3 is 29.6 Å². The third-order valence-corrected chi connectivity index (χ3v) is 4.44. The molecule has 1 fully saturated rings. The minimum atomic E-state index is -0.665. The van der Waals surface area contributed by atoms with Crippen molar-refractivity contribution in [2.75, 3.05) is 27.4 Å². The minimum Gasteiger partial charge on any atom is -0.355 e. The quantitative estimate of drug-likeness (QED) is 0.704. The van der Waals surface area contributed by atoms with E-state index in [0.29, 0.717) is 11.8 Å². The van der Waals surface area contributed by atoms with Crippen LogP contribution in [0.1, 0.15) is 53.4 Å². The molecule has 4 atom stereocenters. The number of nitrogens with one attached hydrogen (secondary N) is 2. The summed E-state index contributed by atoms with van der Waals surface area (Å²) in [7, 11) is 3.02. The second kappa shape index (κ2) is 13.1. The maximum atomic E-state index is 12.4. The molecule has 2 N–H and O–H groups in total. The number of amides is 2. The van der Waals surface area contributed by atoms with Crippen LogP contribution in [0.15, 0.2) is 0 Å². The van der Waals surface area contributed by atoms with Gasteiger partial charge in [-0.1, -0.05) is 27.7 Å². The largest absolute Gasteiger partial charge is 0.355 e. The number of carbonyl (C=O) groups is 2. The minimum absolute atomic E-state index is 0.0845. The number of carbonyl (C=O) groups excluding carboxylic acids is 2. The summed E-state index contributed by atoms with van der Waals surface area (Å²) >= 11 is 0. The number of ether oxygens (including phenoxy) is 4. The lowest BCUT2D eigenvalue weighted by Crippen LogP contribution is -2.45. The van der Waals surface area contributed by atoms with E-state index in [9.17, 15) is 9.59 Å². The van der Waals surface area contributed by atoms with E-state index in [-0.39, 0.29) is 50.0 Å². The monoisotopic (exact) mass is 402 g/mol. The van der Waals surface area contributed by atoms with Crippen LogP contribution in [0.5, 0.6) is 0 Å². The Morgan fingerprint density at radius 2 is 1.18 bits per heavy atom. The van der Waals surface area contributed by atoms with Crippen LogP contribution >= 0.6 is 0 Å². The molecule has 0 aromatic heterocycles. The summed E-state index contributed by atoms with van der Waals surface area (Å²) < 4.78 is 22.2. The Balaban J connectivity index is 2.90. The summed E-state index contributed by atoms with van der Waals surface area (Å²) in [5.74, 6) is 0.444. The molecule has 0 aliphatic carbocycles. The molecular weight excluding hydrogens is 364 g/mol. The van der Waals surface area contributed by atoms with Crippen LogP contribution in [0.2, 0.25) is 0 Å². The Morgan fingerprint density at radius 1 is 0.821 bits per heavy atom. The smallest absolute Gasteiger partial charge is 0.225 e. The molecule has 1 aliphatic heterocycles. The van der Waals surface area contributed by atoms with E-state index in [4.69, 9.17) is 18.9 Å². The second-order valence-corrected chi connectivity index (χ2v) is 8.19. The van der Waals surface area contributed by atoms with Crippen LogP contribution in [0, 0.1) is 11.8 Å². The molecule has 0 radical (unpaired) electrons. The summed E-state index contributed by atoms with van der Waals surface area (Å²) in [5.41, 5.74) is 0. The summed E-state index contributed by atoms with van der Waals surface area (Å²) in [4.78, 5) is 24.9. The summed E-state index contributed by atoms with van der Waals surface area (Å²) in [6.07, 6.45) is 0.346. The van der Waals surface area contributed by atoms with Gasteiger partial charge in [-0.15, -0.1) is 0 Å². The maximum absolute atomic E-state index is 12.4. The second-order valence-electron chi connectivity index (χ2n) is 8.19. The first kappa shape index (κ1) is 24.8. The van der Waals surface area contributed by atoms with E-state index in [1.54, 1.807) is 0 Å². The molecule has 8 heteroatoms. The average Bonchev–Trinajstić information content (AvgIpc) is 2.59. The van der Waals surface area contributed by atoms with Gasteiger partial charge in [-0.3, -0.25) is 9.59 Å². The maximum Gasteiger partial charge on any atom is 0.225 e. The topological polar surface area (TPSA) is 95.1 Å². The molecule has 1 aliphatic rings. The molecule has 28 heavy (non-hydrogen) atoms. The molecule has 8 nitrogen and oxygen atoms in total. The number of methoxy groups -OCH3 is 2. The van der Waals surface area contributed by atoms with Crippen LogP contribution in [0.4, 0.5) is 0 Å². The first-order valence-electron chi connectivity index (χ1n) is 10.1. The van der Waals surface area contributed by atoms with Crippen LogP contribution in [0.3, 0.4) is 0 Å². The summed E-state index contributed by atoms with van der Waals surface area (Å²) in [6.45, 7) is 8.85. The van der Waals surface area contributed by atoms with Gasteiger partial charge in [0.05, 0.1) is 38.1 Å². The van der Waals surface area contributed by atoms with Crippen LogP contribution in [0.25, 0.3) is 0 Å². The molecule has 1 rings (SSSR count). The van der Waals surface area contributed by atoms with Crippen LogP contribution < -0.4 is 10.6 Å².